The molecule has 7 heteroatoms. The molecule has 1 N–H and O–H groups in total. The van der Waals surface area contributed by atoms with Crippen molar-refractivity contribution in [3.8, 4) is 5.75 Å². The highest BCUT2D eigenvalue weighted by Crippen LogP contribution is 2.18. The van der Waals surface area contributed by atoms with Crippen LogP contribution >= 0.6 is 0 Å². The van der Waals surface area contributed by atoms with Crippen molar-refractivity contribution in [1.29, 1.82) is 0 Å². The van der Waals surface area contributed by atoms with Crippen LogP contribution < -0.4 is 9.64 Å². The van der Waals surface area contributed by atoms with Crippen LogP contribution in [-0.2, 0) is 6.54 Å². The van der Waals surface area contributed by atoms with E-state index < -0.39 is 6.10 Å². The van der Waals surface area contributed by atoms with Gasteiger partial charge in [-0.25, -0.2) is 9.97 Å². The fraction of sp³-hybridized carbons (Fsp3) is 0.583. The number of aromatic nitrogens is 2. The second-order valence-corrected chi connectivity index (χ2v) is 8.64. The molecule has 0 radical (unpaired) electrons. The largest absolute Gasteiger partial charge is 0.491 e. The van der Waals surface area contributed by atoms with Gasteiger partial charge in [0, 0.05) is 51.7 Å². The van der Waals surface area contributed by atoms with E-state index in [4.69, 9.17) is 4.74 Å². The highest BCUT2D eigenvalue weighted by molar-refractivity contribution is 5.30. The van der Waals surface area contributed by atoms with Crippen molar-refractivity contribution < 1.29 is 9.84 Å². The number of piperazine rings is 1. The molecule has 4 rings (SSSR count). The molecule has 3 heterocycles. The topological polar surface area (TPSA) is 65.0 Å². The molecule has 0 spiro atoms. The minimum absolute atomic E-state index is 0.343. The Bertz CT molecular complexity index is 775. The SMILES string of the molecule is OC(COc1cccc(CN2CCN(c3ncccn3)CC2)c1)CN1CCCCCC1. The maximum absolute atomic E-state index is 10.4. The smallest absolute Gasteiger partial charge is 0.225 e. The average Bonchev–Trinajstić information content (AvgIpc) is 3.08. The maximum Gasteiger partial charge on any atom is 0.225 e. The van der Waals surface area contributed by atoms with Crippen LogP contribution in [0.3, 0.4) is 0 Å². The van der Waals surface area contributed by atoms with Crippen molar-refractivity contribution in [2.45, 2.75) is 38.3 Å². The Morgan fingerprint density at radius 2 is 1.61 bits per heavy atom. The van der Waals surface area contributed by atoms with E-state index in [1.807, 2.05) is 18.2 Å². The fourth-order valence-corrected chi connectivity index (χ4v) is 4.41. The van der Waals surface area contributed by atoms with Crippen molar-refractivity contribution in [3.05, 3.63) is 48.3 Å². The molecule has 2 aliphatic heterocycles. The average molecular weight is 426 g/mol. The van der Waals surface area contributed by atoms with E-state index in [-0.39, 0.29) is 0 Å². The molecule has 1 aromatic carbocycles. The van der Waals surface area contributed by atoms with Crippen molar-refractivity contribution in [1.82, 2.24) is 19.8 Å². The van der Waals surface area contributed by atoms with E-state index in [1.54, 1.807) is 12.4 Å². The summed E-state index contributed by atoms with van der Waals surface area (Å²) in [5.74, 6) is 1.65. The molecule has 2 fully saturated rings. The van der Waals surface area contributed by atoms with Gasteiger partial charge in [0.1, 0.15) is 18.5 Å². The number of aliphatic hydroxyl groups is 1. The summed E-state index contributed by atoms with van der Waals surface area (Å²) >= 11 is 0. The molecule has 0 amide bonds. The number of anilines is 1. The Hall–Kier alpha value is -2.22. The summed E-state index contributed by atoms with van der Waals surface area (Å²) < 4.78 is 5.93. The van der Waals surface area contributed by atoms with E-state index in [0.717, 1.165) is 57.5 Å². The Kier molecular flexibility index (Phi) is 8.10. The van der Waals surface area contributed by atoms with Gasteiger partial charge >= 0.3 is 0 Å². The molecule has 31 heavy (non-hydrogen) atoms. The van der Waals surface area contributed by atoms with Crippen LogP contribution in [0.1, 0.15) is 31.2 Å². The number of nitrogens with zero attached hydrogens (tertiary/aromatic N) is 5. The molecule has 2 saturated heterocycles. The maximum atomic E-state index is 10.4. The number of aliphatic hydroxyl groups excluding tert-OH is 1. The van der Waals surface area contributed by atoms with Gasteiger partial charge in [0.25, 0.3) is 0 Å². The monoisotopic (exact) mass is 425 g/mol. The van der Waals surface area contributed by atoms with Crippen LogP contribution in [-0.4, -0.2) is 83.4 Å². The molecule has 7 nitrogen and oxygen atoms in total. The summed E-state index contributed by atoms with van der Waals surface area (Å²) in [6.45, 7) is 7.97. The van der Waals surface area contributed by atoms with Crippen LogP contribution in [0.25, 0.3) is 0 Å². The number of hydrogen-bond donors (Lipinski definition) is 1. The highest BCUT2D eigenvalue weighted by atomic mass is 16.5. The lowest BCUT2D eigenvalue weighted by Gasteiger charge is -2.34. The zero-order valence-electron chi connectivity index (χ0n) is 18.4. The minimum Gasteiger partial charge on any atom is -0.491 e. The molecule has 2 aliphatic rings. The van der Waals surface area contributed by atoms with Crippen LogP contribution in [0, 0.1) is 0 Å². The molecule has 168 valence electrons. The predicted octanol–water partition coefficient (Wildman–Crippen LogP) is 2.41. The molecule has 1 unspecified atom stereocenters. The number of likely N-dealkylation sites (tertiary alicyclic amines) is 1. The van der Waals surface area contributed by atoms with E-state index in [1.165, 1.54) is 31.2 Å². The van der Waals surface area contributed by atoms with Crippen molar-refractivity contribution in [2.24, 2.45) is 0 Å². The Labute approximate surface area is 185 Å². The van der Waals surface area contributed by atoms with Gasteiger partial charge < -0.3 is 19.6 Å². The molecular formula is C24H35N5O2. The third kappa shape index (κ3) is 6.89. The molecule has 1 atom stereocenters. The van der Waals surface area contributed by atoms with E-state index in [2.05, 4.69) is 36.8 Å². The lowest BCUT2D eigenvalue weighted by Crippen LogP contribution is -2.46. The van der Waals surface area contributed by atoms with E-state index in [0.29, 0.717) is 13.2 Å². The Balaban J connectivity index is 1.21. The third-order valence-corrected chi connectivity index (χ3v) is 6.12. The molecule has 0 aliphatic carbocycles. The first-order valence-electron chi connectivity index (χ1n) is 11.6. The first-order chi connectivity index (χ1) is 15.3. The van der Waals surface area contributed by atoms with Crippen molar-refractivity contribution in [3.63, 3.8) is 0 Å². The summed E-state index contributed by atoms with van der Waals surface area (Å²) in [6, 6.07) is 10.1. The number of benzene rings is 1. The van der Waals surface area contributed by atoms with Crippen LogP contribution in [0.15, 0.2) is 42.7 Å². The summed E-state index contributed by atoms with van der Waals surface area (Å²) in [4.78, 5) is 15.8. The number of β-amino-alcohol motifs (C(OH)–C–C–N with tert-alkyl or cyclic N) is 1. The summed E-state index contributed by atoms with van der Waals surface area (Å²) in [6.07, 6.45) is 8.24. The second kappa shape index (κ2) is 11.4. The molecule has 1 aromatic heterocycles. The molecule has 0 saturated carbocycles. The second-order valence-electron chi connectivity index (χ2n) is 8.64. The minimum atomic E-state index is -0.449. The Morgan fingerprint density at radius 1 is 0.871 bits per heavy atom. The summed E-state index contributed by atoms with van der Waals surface area (Å²) in [5, 5.41) is 10.4. The lowest BCUT2D eigenvalue weighted by molar-refractivity contribution is 0.0693. The summed E-state index contributed by atoms with van der Waals surface area (Å²) in [5.41, 5.74) is 1.24. The van der Waals surface area contributed by atoms with Crippen molar-refractivity contribution >= 4 is 5.95 Å². The van der Waals surface area contributed by atoms with Gasteiger partial charge in [-0.3, -0.25) is 4.90 Å². The van der Waals surface area contributed by atoms with Gasteiger partial charge in [0.05, 0.1) is 0 Å². The predicted molar refractivity (Wildman–Crippen MR) is 122 cm³/mol. The van der Waals surface area contributed by atoms with Gasteiger partial charge in [-0.1, -0.05) is 25.0 Å². The molecular weight excluding hydrogens is 390 g/mol. The fourth-order valence-electron chi connectivity index (χ4n) is 4.41. The lowest BCUT2D eigenvalue weighted by atomic mass is 10.2. The Morgan fingerprint density at radius 3 is 2.35 bits per heavy atom. The third-order valence-electron chi connectivity index (χ3n) is 6.12. The zero-order chi connectivity index (χ0) is 21.3. The van der Waals surface area contributed by atoms with Crippen LogP contribution in [0.4, 0.5) is 5.95 Å². The number of hydrogen-bond acceptors (Lipinski definition) is 7. The number of ether oxygens (including phenoxy) is 1. The van der Waals surface area contributed by atoms with Crippen LogP contribution in [0.2, 0.25) is 0 Å². The van der Waals surface area contributed by atoms with Crippen molar-refractivity contribution in [2.75, 3.05) is 57.3 Å². The zero-order valence-corrected chi connectivity index (χ0v) is 18.4. The van der Waals surface area contributed by atoms with Gasteiger partial charge in [-0.2, -0.15) is 0 Å². The number of rotatable bonds is 8. The first kappa shape index (κ1) is 22.0. The van der Waals surface area contributed by atoms with Crippen LogP contribution in [0.5, 0.6) is 5.75 Å². The quantitative estimate of drug-likeness (QED) is 0.697. The van der Waals surface area contributed by atoms with E-state index >= 15 is 0 Å². The van der Waals surface area contributed by atoms with E-state index in [9.17, 15) is 5.11 Å². The molecule has 0 bridgehead atoms. The van der Waals surface area contributed by atoms with Gasteiger partial charge in [0.15, 0.2) is 0 Å². The highest BCUT2D eigenvalue weighted by Gasteiger charge is 2.19. The normalized spacial score (nSPS) is 19.7. The standard InChI is InChI=1S/C24H35N5O2/c30-22(19-27-11-3-1-2-4-12-27)20-31-23-8-5-7-21(17-23)18-28-13-15-29(16-14-28)24-25-9-6-10-26-24/h5-10,17,22,30H,1-4,11-16,18-20H2. The molecule has 2 aromatic rings. The first-order valence-corrected chi connectivity index (χ1v) is 11.6. The summed E-state index contributed by atoms with van der Waals surface area (Å²) in [7, 11) is 0. The van der Waals surface area contributed by atoms with Gasteiger partial charge in [-0.15, -0.1) is 0 Å². The van der Waals surface area contributed by atoms with Gasteiger partial charge in [-0.05, 0) is 49.7 Å². The van der Waals surface area contributed by atoms with Gasteiger partial charge in [0.2, 0.25) is 5.95 Å².